The average molecular weight is 445 g/mol. The monoisotopic (exact) mass is 444 g/mol. The average Bonchev–Trinajstić information content (AvgIpc) is 3.48. The molecular weight excluding hydrogens is 416 g/mol. The van der Waals surface area contributed by atoms with Crippen molar-refractivity contribution in [2.75, 3.05) is 18.4 Å². The van der Waals surface area contributed by atoms with Gasteiger partial charge in [-0.3, -0.25) is 9.69 Å². The Kier molecular flexibility index (Phi) is 6.29. The van der Waals surface area contributed by atoms with E-state index in [-0.39, 0.29) is 5.91 Å². The number of amides is 1. The second-order valence-corrected chi connectivity index (χ2v) is 9.40. The highest BCUT2D eigenvalue weighted by Crippen LogP contribution is 2.38. The summed E-state index contributed by atoms with van der Waals surface area (Å²) in [6.07, 6.45) is 6.34. The van der Waals surface area contributed by atoms with Gasteiger partial charge in [0, 0.05) is 23.2 Å². The van der Waals surface area contributed by atoms with Gasteiger partial charge in [0.2, 0.25) is 5.91 Å². The van der Waals surface area contributed by atoms with Gasteiger partial charge in [-0.2, -0.15) is 0 Å². The molecule has 3 aromatic rings. The molecule has 1 aliphatic carbocycles. The van der Waals surface area contributed by atoms with E-state index < -0.39 is 0 Å². The van der Waals surface area contributed by atoms with Crippen molar-refractivity contribution in [3.05, 3.63) is 88.4 Å². The van der Waals surface area contributed by atoms with Crippen molar-refractivity contribution < 1.29 is 4.79 Å². The molecule has 3 aromatic carbocycles. The van der Waals surface area contributed by atoms with Crippen LogP contribution in [0.1, 0.15) is 48.4 Å². The molecular formula is C28H29ClN2O. The van der Waals surface area contributed by atoms with E-state index in [4.69, 9.17) is 11.6 Å². The molecule has 2 aliphatic rings. The van der Waals surface area contributed by atoms with Crippen molar-refractivity contribution in [3.8, 4) is 11.1 Å². The van der Waals surface area contributed by atoms with Crippen LogP contribution in [-0.4, -0.2) is 23.9 Å². The lowest BCUT2D eigenvalue weighted by molar-refractivity contribution is -0.116. The molecule has 3 nitrogen and oxygen atoms in total. The molecule has 1 saturated heterocycles. The summed E-state index contributed by atoms with van der Waals surface area (Å²) in [4.78, 5) is 15.2. The third-order valence-electron chi connectivity index (χ3n) is 6.82. The molecule has 4 heteroatoms. The van der Waals surface area contributed by atoms with Gasteiger partial charge in [0.25, 0.3) is 0 Å². The van der Waals surface area contributed by atoms with Gasteiger partial charge >= 0.3 is 0 Å². The van der Waals surface area contributed by atoms with Crippen molar-refractivity contribution in [1.29, 1.82) is 0 Å². The van der Waals surface area contributed by atoms with Gasteiger partial charge in [-0.25, -0.2) is 0 Å². The standard InChI is InChI=1S/C28H29ClN2O/c29-24-10-5-21(6-11-24)22-7-12-25(13-8-22)30-28(32)16-4-20-3-14-26-23(19-20)9-15-27(26)31-17-1-2-18-31/h3,5-8,10-14,19,27H,1-2,4,9,15-18H2,(H,30,32). The van der Waals surface area contributed by atoms with Crippen molar-refractivity contribution in [1.82, 2.24) is 4.90 Å². The molecule has 1 aliphatic heterocycles. The number of hydrogen-bond donors (Lipinski definition) is 1. The third kappa shape index (κ3) is 4.74. The van der Waals surface area contributed by atoms with Gasteiger partial charge in [-0.1, -0.05) is 54.1 Å². The predicted molar refractivity (Wildman–Crippen MR) is 132 cm³/mol. The van der Waals surface area contributed by atoms with Crippen molar-refractivity contribution in [2.24, 2.45) is 0 Å². The lowest BCUT2D eigenvalue weighted by Gasteiger charge is -2.24. The lowest BCUT2D eigenvalue weighted by Crippen LogP contribution is -2.23. The number of aryl methyl sites for hydroxylation is 2. The normalized spacial score (nSPS) is 18.0. The van der Waals surface area contributed by atoms with Crippen LogP contribution in [0.25, 0.3) is 11.1 Å². The van der Waals surface area contributed by atoms with E-state index in [9.17, 15) is 4.79 Å². The molecule has 1 N–H and O–H groups in total. The fraction of sp³-hybridized carbons (Fsp3) is 0.321. The van der Waals surface area contributed by atoms with E-state index in [1.54, 1.807) is 0 Å². The largest absolute Gasteiger partial charge is 0.326 e. The number of hydrogen-bond acceptors (Lipinski definition) is 2. The Hall–Kier alpha value is -2.62. The van der Waals surface area contributed by atoms with Gasteiger partial charge in [-0.15, -0.1) is 0 Å². The molecule has 0 spiro atoms. The Bertz CT molecular complexity index is 1090. The maximum Gasteiger partial charge on any atom is 0.224 e. The minimum Gasteiger partial charge on any atom is -0.326 e. The van der Waals surface area contributed by atoms with Crippen molar-refractivity contribution in [2.45, 2.75) is 44.6 Å². The van der Waals surface area contributed by atoms with Gasteiger partial charge in [0.15, 0.2) is 0 Å². The van der Waals surface area contributed by atoms with Crippen molar-refractivity contribution in [3.63, 3.8) is 0 Å². The molecule has 1 amide bonds. The number of carbonyl (C=O) groups is 1. The zero-order chi connectivity index (χ0) is 21.9. The van der Waals surface area contributed by atoms with Crippen LogP contribution in [-0.2, 0) is 17.6 Å². The number of halogens is 1. The molecule has 5 rings (SSSR count). The van der Waals surface area contributed by atoms with Gasteiger partial charge < -0.3 is 5.32 Å². The van der Waals surface area contributed by atoms with Crippen LogP contribution in [0.3, 0.4) is 0 Å². The quantitative estimate of drug-likeness (QED) is 0.461. The van der Waals surface area contributed by atoms with Crippen molar-refractivity contribution >= 4 is 23.2 Å². The summed E-state index contributed by atoms with van der Waals surface area (Å²) in [5.41, 5.74) is 7.30. The number of fused-ring (bicyclic) bond motifs is 1. The fourth-order valence-corrected chi connectivity index (χ4v) is 5.23. The molecule has 0 saturated carbocycles. The zero-order valence-electron chi connectivity index (χ0n) is 18.3. The Morgan fingerprint density at radius 1 is 0.938 bits per heavy atom. The molecule has 0 bridgehead atoms. The molecule has 1 atom stereocenters. The first-order chi connectivity index (χ1) is 15.7. The number of likely N-dealkylation sites (tertiary alicyclic amines) is 1. The number of carbonyl (C=O) groups excluding carboxylic acids is 1. The highest BCUT2D eigenvalue weighted by molar-refractivity contribution is 6.30. The smallest absolute Gasteiger partial charge is 0.224 e. The summed E-state index contributed by atoms with van der Waals surface area (Å²) in [6, 6.07) is 23.2. The van der Waals surface area contributed by atoms with E-state index in [1.165, 1.54) is 49.0 Å². The van der Waals surface area contributed by atoms with Crippen LogP contribution in [0.15, 0.2) is 66.7 Å². The molecule has 1 heterocycles. The van der Waals surface area contributed by atoms with Crippen LogP contribution < -0.4 is 5.32 Å². The summed E-state index contributed by atoms with van der Waals surface area (Å²) >= 11 is 5.97. The maximum atomic E-state index is 12.5. The predicted octanol–water partition coefficient (Wildman–Crippen LogP) is 6.66. The summed E-state index contributed by atoms with van der Waals surface area (Å²) in [7, 11) is 0. The van der Waals surface area contributed by atoms with Gasteiger partial charge in [-0.05, 0) is 97.3 Å². The summed E-state index contributed by atoms with van der Waals surface area (Å²) < 4.78 is 0. The molecule has 32 heavy (non-hydrogen) atoms. The second-order valence-electron chi connectivity index (χ2n) is 8.96. The maximum absolute atomic E-state index is 12.5. The van der Waals surface area contributed by atoms with E-state index in [0.29, 0.717) is 12.5 Å². The number of nitrogens with one attached hydrogen (secondary N) is 1. The number of anilines is 1. The summed E-state index contributed by atoms with van der Waals surface area (Å²) in [6.45, 7) is 2.49. The van der Waals surface area contributed by atoms with Crippen LogP contribution >= 0.6 is 11.6 Å². The number of benzene rings is 3. The summed E-state index contributed by atoms with van der Waals surface area (Å²) in [5.74, 6) is 0.0553. The SMILES string of the molecule is O=C(CCc1ccc2c(c1)CCC2N1CCCC1)Nc1ccc(-c2ccc(Cl)cc2)cc1. The summed E-state index contributed by atoms with van der Waals surface area (Å²) in [5, 5.41) is 3.76. The third-order valence-corrected chi connectivity index (χ3v) is 7.07. The Balaban J connectivity index is 1.15. The first kappa shape index (κ1) is 21.2. The lowest BCUT2D eigenvalue weighted by atomic mass is 10.0. The van der Waals surface area contributed by atoms with Crippen LogP contribution in [0.5, 0.6) is 0 Å². The first-order valence-electron chi connectivity index (χ1n) is 11.7. The highest BCUT2D eigenvalue weighted by Gasteiger charge is 2.29. The minimum atomic E-state index is 0.0553. The Morgan fingerprint density at radius 3 is 2.34 bits per heavy atom. The van der Waals surface area contributed by atoms with E-state index in [1.807, 2.05) is 48.5 Å². The Labute approximate surface area is 195 Å². The van der Waals surface area contributed by atoms with Gasteiger partial charge in [0.05, 0.1) is 0 Å². The van der Waals surface area contributed by atoms with Crippen LogP contribution in [0, 0.1) is 0 Å². The molecule has 1 unspecified atom stereocenters. The zero-order valence-corrected chi connectivity index (χ0v) is 19.1. The number of rotatable bonds is 6. The Morgan fingerprint density at radius 2 is 1.62 bits per heavy atom. The van der Waals surface area contributed by atoms with E-state index in [2.05, 4.69) is 28.4 Å². The van der Waals surface area contributed by atoms with E-state index in [0.717, 1.165) is 34.7 Å². The molecule has 1 fully saturated rings. The molecule has 0 radical (unpaired) electrons. The van der Waals surface area contributed by atoms with Crippen LogP contribution in [0.2, 0.25) is 5.02 Å². The van der Waals surface area contributed by atoms with Gasteiger partial charge in [0.1, 0.15) is 0 Å². The first-order valence-corrected chi connectivity index (χ1v) is 12.1. The number of nitrogens with zero attached hydrogens (tertiary/aromatic N) is 1. The minimum absolute atomic E-state index is 0.0553. The highest BCUT2D eigenvalue weighted by atomic mass is 35.5. The van der Waals surface area contributed by atoms with E-state index >= 15 is 0 Å². The molecule has 0 aromatic heterocycles. The fourth-order valence-electron chi connectivity index (χ4n) is 5.11. The second kappa shape index (κ2) is 9.48. The molecule has 164 valence electrons. The topological polar surface area (TPSA) is 32.3 Å². The van der Waals surface area contributed by atoms with Crippen LogP contribution in [0.4, 0.5) is 5.69 Å².